The first-order chi connectivity index (χ1) is 9.72. The Hall–Kier alpha value is -2.46. The quantitative estimate of drug-likeness (QED) is 0.874. The average Bonchev–Trinajstić information content (AvgIpc) is 2.47. The largest absolute Gasteiger partial charge is 0.508 e. The maximum atomic E-state index is 12.5. The Bertz CT molecular complexity index is 719. The van der Waals surface area contributed by atoms with Crippen molar-refractivity contribution in [3.8, 4) is 16.9 Å². The van der Waals surface area contributed by atoms with E-state index in [-0.39, 0.29) is 24.7 Å². The van der Waals surface area contributed by atoms with Crippen molar-refractivity contribution in [3.63, 3.8) is 0 Å². The molecule has 0 amide bonds. The molecule has 0 saturated carbocycles. The number of aliphatic hydroxyl groups is 1. The lowest BCUT2D eigenvalue weighted by molar-refractivity contribution is 0.106. The van der Waals surface area contributed by atoms with E-state index in [1.54, 1.807) is 24.3 Å². The second-order valence-corrected chi connectivity index (χ2v) is 4.56. The summed E-state index contributed by atoms with van der Waals surface area (Å²) in [5.74, 6) is -0.0835. The Morgan fingerprint density at radius 1 is 0.950 bits per heavy atom. The zero-order valence-electron chi connectivity index (χ0n) is 10.7. The van der Waals surface area contributed by atoms with E-state index in [0.29, 0.717) is 16.8 Å². The highest BCUT2D eigenvalue weighted by Gasteiger charge is 2.28. The van der Waals surface area contributed by atoms with Crippen LogP contribution in [0.3, 0.4) is 0 Å². The number of phenols is 1. The third-order valence-electron chi connectivity index (χ3n) is 3.31. The first kappa shape index (κ1) is 12.6. The van der Waals surface area contributed by atoms with Crippen LogP contribution >= 0.6 is 0 Å². The molecule has 0 fully saturated rings. The number of rotatable bonds is 2. The predicted molar refractivity (Wildman–Crippen MR) is 76.4 cm³/mol. The van der Waals surface area contributed by atoms with Crippen LogP contribution in [0.2, 0.25) is 0 Å². The fraction of sp³-hybridized carbons (Fsp3) is 0.125. The first-order valence-corrected chi connectivity index (χ1v) is 6.35. The lowest BCUT2D eigenvalue weighted by Gasteiger charge is -2.20. The summed E-state index contributed by atoms with van der Waals surface area (Å²) in [5.41, 5.74) is 3.22. The van der Waals surface area contributed by atoms with Gasteiger partial charge >= 0.3 is 0 Å². The van der Waals surface area contributed by atoms with Crippen molar-refractivity contribution in [3.05, 3.63) is 53.6 Å². The molecule has 20 heavy (non-hydrogen) atoms. The number of carbonyl (C=O) groups excluding carboxylic acids is 1. The Balaban J connectivity index is 2.29. The third-order valence-corrected chi connectivity index (χ3v) is 3.31. The van der Waals surface area contributed by atoms with Crippen molar-refractivity contribution >= 4 is 11.5 Å². The van der Waals surface area contributed by atoms with Crippen molar-refractivity contribution in [1.29, 1.82) is 0 Å². The normalized spacial score (nSPS) is 15.1. The standard InChI is InChI=1S/C16H13NO3/c18-8-7-17-15-14-9-10(19)5-6-12(14)11-3-1-2-4-13(11)16(15)20/h1-6,9,18-19H,7-8H2. The molecule has 0 unspecified atom stereocenters. The molecule has 0 aliphatic heterocycles. The van der Waals surface area contributed by atoms with E-state index in [4.69, 9.17) is 5.11 Å². The van der Waals surface area contributed by atoms with Crippen molar-refractivity contribution in [2.24, 2.45) is 4.99 Å². The van der Waals surface area contributed by atoms with Crippen molar-refractivity contribution < 1.29 is 15.0 Å². The number of phenolic OH excluding ortho intramolecular Hbond substituents is 1. The molecular formula is C16H13NO3. The molecule has 0 bridgehead atoms. The number of hydrogen-bond donors (Lipinski definition) is 2. The van der Waals surface area contributed by atoms with Gasteiger partial charge < -0.3 is 10.2 Å². The van der Waals surface area contributed by atoms with Gasteiger partial charge in [-0.25, -0.2) is 0 Å². The van der Waals surface area contributed by atoms with E-state index in [9.17, 15) is 9.90 Å². The molecule has 0 heterocycles. The monoisotopic (exact) mass is 267 g/mol. The molecule has 4 nitrogen and oxygen atoms in total. The number of Topliss-reactive ketones (excluding diaryl/α,β-unsaturated/α-hetero) is 1. The Morgan fingerprint density at radius 3 is 2.40 bits per heavy atom. The molecule has 2 aromatic carbocycles. The smallest absolute Gasteiger partial charge is 0.212 e. The number of aliphatic hydroxyl groups excluding tert-OH is 1. The SMILES string of the molecule is O=C1C(=NCCO)c2cc(O)ccc2-c2ccccc21. The van der Waals surface area contributed by atoms with Crippen molar-refractivity contribution in [2.75, 3.05) is 13.2 Å². The van der Waals surface area contributed by atoms with Gasteiger partial charge in [-0.15, -0.1) is 0 Å². The summed E-state index contributed by atoms with van der Waals surface area (Å²) in [6.07, 6.45) is 0. The van der Waals surface area contributed by atoms with E-state index in [2.05, 4.69) is 4.99 Å². The highest BCUT2D eigenvalue weighted by Crippen LogP contribution is 2.35. The Kier molecular flexibility index (Phi) is 3.08. The fourth-order valence-corrected chi connectivity index (χ4v) is 2.45. The summed E-state index contributed by atoms with van der Waals surface area (Å²) < 4.78 is 0. The summed E-state index contributed by atoms with van der Waals surface area (Å²) in [4.78, 5) is 16.7. The molecule has 0 saturated heterocycles. The molecule has 0 atom stereocenters. The van der Waals surface area contributed by atoms with Crippen LogP contribution in [0.15, 0.2) is 47.5 Å². The van der Waals surface area contributed by atoms with Crippen LogP contribution in [0.4, 0.5) is 0 Å². The first-order valence-electron chi connectivity index (χ1n) is 6.35. The van der Waals surface area contributed by atoms with Gasteiger partial charge in [-0.2, -0.15) is 0 Å². The maximum absolute atomic E-state index is 12.5. The van der Waals surface area contributed by atoms with E-state index in [0.717, 1.165) is 11.1 Å². The van der Waals surface area contributed by atoms with Gasteiger partial charge in [0.25, 0.3) is 0 Å². The molecule has 0 spiro atoms. The topological polar surface area (TPSA) is 69.9 Å². The third kappa shape index (κ3) is 1.90. The van der Waals surface area contributed by atoms with Gasteiger partial charge in [0.1, 0.15) is 11.5 Å². The molecule has 4 heteroatoms. The molecule has 0 aromatic heterocycles. The van der Waals surface area contributed by atoms with Crippen LogP contribution in [0.25, 0.3) is 11.1 Å². The zero-order chi connectivity index (χ0) is 14.1. The number of nitrogens with zero attached hydrogens (tertiary/aromatic N) is 1. The molecule has 100 valence electrons. The van der Waals surface area contributed by atoms with Gasteiger partial charge in [-0.1, -0.05) is 24.3 Å². The maximum Gasteiger partial charge on any atom is 0.212 e. The van der Waals surface area contributed by atoms with Crippen LogP contribution in [0.1, 0.15) is 15.9 Å². The number of benzene rings is 2. The van der Waals surface area contributed by atoms with Crippen molar-refractivity contribution in [2.45, 2.75) is 0 Å². The molecule has 2 N–H and O–H groups in total. The minimum atomic E-state index is -0.174. The highest BCUT2D eigenvalue weighted by molar-refractivity contribution is 6.55. The van der Waals surface area contributed by atoms with Gasteiger partial charge in [-0.3, -0.25) is 9.79 Å². The van der Waals surface area contributed by atoms with Crippen LogP contribution in [-0.2, 0) is 0 Å². The second kappa shape index (κ2) is 4.90. The predicted octanol–water partition coefficient (Wildman–Crippen LogP) is 2.04. The van der Waals surface area contributed by atoms with E-state index < -0.39 is 0 Å². The van der Waals surface area contributed by atoms with Crippen LogP contribution < -0.4 is 0 Å². The van der Waals surface area contributed by atoms with Gasteiger partial charge in [0.2, 0.25) is 5.78 Å². The summed E-state index contributed by atoms with van der Waals surface area (Å²) in [7, 11) is 0. The summed E-state index contributed by atoms with van der Waals surface area (Å²) in [5, 5.41) is 18.6. The molecule has 3 rings (SSSR count). The van der Waals surface area contributed by atoms with Gasteiger partial charge in [0.05, 0.1) is 13.2 Å². The van der Waals surface area contributed by atoms with Gasteiger partial charge in [-0.05, 0) is 29.3 Å². The summed E-state index contributed by atoms with van der Waals surface area (Å²) >= 11 is 0. The molecular weight excluding hydrogens is 254 g/mol. The number of aromatic hydroxyl groups is 1. The van der Waals surface area contributed by atoms with Crippen LogP contribution in [-0.4, -0.2) is 34.9 Å². The molecule has 1 aliphatic rings. The number of fused-ring (bicyclic) bond motifs is 3. The minimum Gasteiger partial charge on any atom is -0.508 e. The number of hydrogen-bond acceptors (Lipinski definition) is 4. The average molecular weight is 267 g/mol. The minimum absolute atomic E-state index is 0.0904. The number of carbonyl (C=O) groups is 1. The summed E-state index contributed by atoms with van der Waals surface area (Å²) in [6, 6.07) is 12.2. The highest BCUT2D eigenvalue weighted by atomic mass is 16.3. The van der Waals surface area contributed by atoms with E-state index in [1.165, 1.54) is 0 Å². The molecule has 1 aliphatic carbocycles. The summed E-state index contributed by atoms with van der Waals surface area (Å²) in [6.45, 7) is 0.0465. The lowest BCUT2D eigenvalue weighted by Crippen LogP contribution is -2.23. The number of ketones is 1. The van der Waals surface area contributed by atoms with Gasteiger partial charge in [0.15, 0.2) is 0 Å². The second-order valence-electron chi connectivity index (χ2n) is 4.56. The van der Waals surface area contributed by atoms with Crippen LogP contribution in [0.5, 0.6) is 5.75 Å². The lowest BCUT2D eigenvalue weighted by atomic mass is 9.83. The molecule has 0 radical (unpaired) electrons. The van der Waals surface area contributed by atoms with Crippen LogP contribution in [0, 0.1) is 0 Å². The molecule has 2 aromatic rings. The Morgan fingerprint density at radius 2 is 1.65 bits per heavy atom. The Labute approximate surface area is 116 Å². The van der Waals surface area contributed by atoms with Gasteiger partial charge in [0, 0.05) is 11.1 Å². The fourth-order valence-electron chi connectivity index (χ4n) is 2.45. The van der Waals surface area contributed by atoms with E-state index in [1.807, 2.05) is 18.2 Å². The van der Waals surface area contributed by atoms with Crippen molar-refractivity contribution in [1.82, 2.24) is 0 Å². The number of aliphatic imine (C=N–C) groups is 1. The van der Waals surface area contributed by atoms with E-state index >= 15 is 0 Å². The zero-order valence-corrected chi connectivity index (χ0v) is 10.7.